The van der Waals surface area contributed by atoms with Gasteiger partial charge >= 0.3 is 5.97 Å². The topological polar surface area (TPSA) is 70.1 Å². The van der Waals surface area contributed by atoms with E-state index in [0.29, 0.717) is 5.69 Å². The van der Waals surface area contributed by atoms with E-state index < -0.39 is 0 Å². The number of nitrogens with zero attached hydrogens (tertiary/aromatic N) is 2. The first kappa shape index (κ1) is 12.7. The lowest BCUT2D eigenvalue weighted by atomic mass is 9.99. The van der Waals surface area contributed by atoms with E-state index in [1.54, 1.807) is 0 Å². The van der Waals surface area contributed by atoms with Crippen LogP contribution in [0.4, 0.5) is 5.69 Å². The number of ether oxygens (including phenoxy) is 1. The van der Waals surface area contributed by atoms with Gasteiger partial charge < -0.3 is 15.0 Å². The molecule has 3 rings (SSSR count). The third-order valence-corrected chi connectivity index (χ3v) is 3.73. The fourth-order valence-corrected chi connectivity index (χ4v) is 2.71. The molecule has 104 valence electrons. The molecule has 1 aliphatic heterocycles. The molecular weight excluding hydrogens is 254 g/mol. The molecule has 1 aliphatic rings. The Kier molecular flexibility index (Phi) is 3.18. The Balaban J connectivity index is 2.04. The van der Waals surface area contributed by atoms with E-state index in [2.05, 4.69) is 4.98 Å². The molecule has 5 heteroatoms. The van der Waals surface area contributed by atoms with Gasteiger partial charge in [-0.2, -0.15) is 0 Å². The van der Waals surface area contributed by atoms with Gasteiger partial charge in [0.05, 0.1) is 12.8 Å². The predicted octanol–water partition coefficient (Wildman–Crippen LogP) is 2.18. The van der Waals surface area contributed by atoms with Crippen molar-refractivity contribution >= 4 is 11.7 Å². The van der Waals surface area contributed by atoms with Gasteiger partial charge in [0.2, 0.25) is 0 Å². The number of carbonyl (C=O) groups is 1. The van der Waals surface area contributed by atoms with Crippen LogP contribution >= 0.6 is 0 Å². The van der Waals surface area contributed by atoms with Crippen molar-refractivity contribution in [1.29, 1.82) is 0 Å². The van der Waals surface area contributed by atoms with Crippen LogP contribution in [0.1, 0.15) is 24.6 Å². The maximum Gasteiger partial charge on any atom is 0.316 e. The number of nitrogens with two attached hydrogens (primary N) is 1. The summed E-state index contributed by atoms with van der Waals surface area (Å²) in [4.78, 5) is 16.5. The number of fused-ring (bicyclic) bond motifs is 1. The fourth-order valence-electron chi connectivity index (χ4n) is 2.71. The summed E-state index contributed by atoms with van der Waals surface area (Å²) in [6, 6.07) is 7.62. The van der Waals surface area contributed by atoms with Crippen molar-refractivity contribution in [2.75, 3.05) is 12.8 Å². The number of esters is 1. The Labute approximate surface area is 117 Å². The van der Waals surface area contributed by atoms with E-state index in [9.17, 15) is 4.79 Å². The molecule has 0 fully saturated rings. The second-order valence-electron chi connectivity index (χ2n) is 4.98. The van der Waals surface area contributed by atoms with E-state index in [-0.39, 0.29) is 11.9 Å². The summed E-state index contributed by atoms with van der Waals surface area (Å²) in [6.07, 6.45) is 3.70. The summed E-state index contributed by atoms with van der Waals surface area (Å²) in [5, 5.41) is 0. The highest BCUT2D eigenvalue weighted by atomic mass is 16.5. The summed E-state index contributed by atoms with van der Waals surface area (Å²) in [5.41, 5.74) is 8.40. The molecule has 1 unspecified atom stereocenters. The molecule has 1 atom stereocenters. The lowest BCUT2D eigenvalue weighted by Gasteiger charge is -2.20. The molecule has 0 amide bonds. The quantitative estimate of drug-likeness (QED) is 0.671. The number of aryl methyl sites for hydroxylation is 1. The third-order valence-electron chi connectivity index (χ3n) is 3.73. The second-order valence-corrected chi connectivity index (χ2v) is 4.98. The lowest BCUT2D eigenvalue weighted by molar-refractivity contribution is -0.143. The number of methoxy groups -OCH3 is 1. The van der Waals surface area contributed by atoms with Crippen LogP contribution in [0.15, 0.2) is 30.5 Å². The van der Waals surface area contributed by atoms with Gasteiger partial charge in [-0.25, -0.2) is 4.98 Å². The maximum absolute atomic E-state index is 11.8. The van der Waals surface area contributed by atoms with Gasteiger partial charge in [0.25, 0.3) is 0 Å². The number of nitrogen functional groups attached to an aromatic ring is 1. The largest absolute Gasteiger partial charge is 0.468 e. The van der Waals surface area contributed by atoms with Crippen LogP contribution in [-0.2, 0) is 16.1 Å². The smallest absolute Gasteiger partial charge is 0.316 e. The molecule has 0 bridgehead atoms. The Morgan fingerprint density at radius 2 is 2.25 bits per heavy atom. The molecule has 0 saturated heterocycles. The minimum absolute atomic E-state index is 0.218. The van der Waals surface area contributed by atoms with Crippen molar-refractivity contribution in [2.24, 2.45) is 0 Å². The fraction of sp³-hybridized carbons (Fsp3) is 0.333. The molecule has 1 aromatic heterocycles. The third kappa shape index (κ3) is 2.05. The van der Waals surface area contributed by atoms with Crippen LogP contribution in [0.2, 0.25) is 0 Å². The molecule has 20 heavy (non-hydrogen) atoms. The van der Waals surface area contributed by atoms with E-state index in [0.717, 1.165) is 36.5 Å². The summed E-state index contributed by atoms with van der Waals surface area (Å²) < 4.78 is 6.90. The zero-order valence-electron chi connectivity index (χ0n) is 11.4. The molecule has 2 N–H and O–H groups in total. The van der Waals surface area contributed by atoms with Crippen LogP contribution in [0.25, 0.3) is 11.3 Å². The van der Waals surface area contributed by atoms with Gasteiger partial charge in [0.1, 0.15) is 11.7 Å². The van der Waals surface area contributed by atoms with Crippen molar-refractivity contribution in [3.63, 3.8) is 0 Å². The first-order valence-corrected chi connectivity index (χ1v) is 6.70. The van der Waals surface area contributed by atoms with Gasteiger partial charge in [-0.15, -0.1) is 0 Å². The minimum atomic E-state index is -0.271. The van der Waals surface area contributed by atoms with Gasteiger partial charge in [-0.05, 0) is 18.9 Å². The average Bonchev–Trinajstić information content (AvgIpc) is 2.90. The van der Waals surface area contributed by atoms with Gasteiger partial charge in [-0.1, -0.05) is 18.2 Å². The normalized spacial score (nSPS) is 17.6. The Morgan fingerprint density at radius 3 is 3.00 bits per heavy atom. The highest BCUT2D eigenvalue weighted by molar-refractivity contribution is 5.78. The molecule has 0 spiro atoms. The lowest BCUT2D eigenvalue weighted by Crippen LogP contribution is -2.23. The zero-order chi connectivity index (χ0) is 14.1. The van der Waals surface area contributed by atoms with Crippen molar-refractivity contribution < 1.29 is 9.53 Å². The second kappa shape index (κ2) is 5.00. The van der Waals surface area contributed by atoms with Crippen molar-refractivity contribution in [3.05, 3.63) is 36.3 Å². The molecular formula is C15H17N3O2. The number of rotatable bonds is 2. The summed E-state index contributed by atoms with van der Waals surface area (Å²) in [6.45, 7) is 0.878. The van der Waals surface area contributed by atoms with E-state index in [1.807, 2.05) is 35.0 Å². The number of hydrogen-bond acceptors (Lipinski definition) is 4. The van der Waals surface area contributed by atoms with E-state index in [1.165, 1.54) is 7.11 Å². The number of benzene rings is 1. The highest BCUT2D eigenvalue weighted by Crippen LogP contribution is 2.32. The van der Waals surface area contributed by atoms with Gasteiger partial charge in [0, 0.05) is 24.0 Å². The minimum Gasteiger partial charge on any atom is -0.468 e. The number of aromatic nitrogens is 2. The van der Waals surface area contributed by atoms with Gasteiger partial charge in [-0.3, -0.25) is 4.79 Å². The molecule has 2 heterocycles. The van der Waals surface area contributed by atoms with Crippen LogP contribution in [0, 0.1) is 0 Å². The molecule has 5 nitrogen and oxygen atoms in total. The molecule has 0 radical (unpaired) electrons. The molecule has 2 aromatic rings. The number of anilines is 1. The van der Waals surface area contributed by atoms with Crippen molar-refractivity contribution in [3.8, 4) is 11.3 Å². The van der Waals surface area contributed by atoms with Crippen LogP contribution in [0.3, 0.4) is 0 Å². The number of imidazole rings is 1. The average molecular weight is 271 g/mol. The maximum atomic E-state index is 11.8. The van der Waals surface area contributed by atoms with E-state index >= 15 is 0 Å². The summed E-state index contributed by atoms with van der Waals surface area (Å²) >= 11 is 0. The predicted molar refractivity (Wildman–Crippen MR) is 76.1 cm³/mol. The Morgan fingerprint density at radius 1 is 1.45 bits per heavy atom. The molecule has 0 aliphatic carbocycles. The highest BCUT2D eigenvalue weighted by Gasteiger charge is 2.30. The zero-order valence-corrected chi connectivity index (χ0v) is 11.4. The number of para-hydroxylation sites is 1. The molecule has 1 aromatic carbocycles. The van der Waals surface area contributed by atoms with Gasteiger partial charge in [0.15, 0.2) is 0 Å². The van der Waals surface area contributed by atoms with Crippen molar-refractivity contribution in [1.82, 2.24) is 9.55 Å². The summed E-state index contributed by atoms with van der Waals surface area (Å²) in [7, 11) is 1.42. The first-order chi connectivity index (χ1) is 9.70. The molecule has 0 saturated carbocycles. The first-order valence-electron chi connectivity index (χ1n) is 6.70. The standard InChI is InChI=1S/C15H17N3O2/c1-20-15(19)11-6-4-8-18-9-13(17-14(11)18)10-5-2-3-7-12(10)16/h2-3,5,7,9,11H,4,6,8,16H2,1H3. The SMILES string of the molecule is COC(=O)C1CCCn2cc(-c3ccccc3N)nc21. The van der Waals surface area contributed by atoms with Crippen molar-refractivity contribution in [2.45, 2.75) is 25.3 Å². The summed E-state index contributed by atoms with van der Waals surface area (Å²) in [5.74, 6) is 0.290. The Bertz CT molecular complexity index is 648. The monoisotopic (exact) mass is 271 g/mol. The van der Waals surface area contributed by atoms with Crippen LogP contribution in [-0.4, -0.2) is 22.6 Å². The van der Waals surface area contributed by atoms with Crippen LogP contribution < -0.4 is 5.73 Å². The Hall–Kier alpha value is -2.30. The number of carbonyl (C=O) groups excluding carboxylic acids is 1. The number of hydrogen-bond donors (Lipinski definition) is 1. The van der Waals surface area contributed by atoms with Crippen LogP contribution in [0.5, 0.6) is 0 Å². The van der Waals surface area contributed by atoms with E-state index in [4.69, 9.17) is 10.5 Å².